The molecule has 0 aliphatic rings. The van der Waals surface area contributed by atoms with Gasteiger partial charge in [-0.25, -0.2) is 0 Å². The predicted molar refractivity (Wildman–Crippen MR) is 62.3 cm³/mol. The first-order chi connectivity index (χ1) is 7.86. The van der Waals surface area contributed by atoms with Crippen LogP contribution in [0, 0.1) is 0 Å². The molecule has 17 heavy (non-hydrogen) atoms. The van der Waals surface area contributed by atoms with E-state index in [0.717, 1.165) is 0 Å². The highest BCUT2D eigenvalue weighted by Gasteiger charge is 2.28. The summed E-state index contributed by atoms with van der Waals surface area (Å²) in [5.74, 6) is 0.848. The Hall–Kier alpha value is -0.980. The monoisotopic (exact) mass is 243 g/mol. The molecule has 2 N–H and O–H groups in total. The van der Waals surface area contributed by atoms with E-state index in [1.165, 1.54) is 0 Å². The minimum absolute atomic E-state index is 0.128. The van der Waals surface area contributed by atoms with Crippen molar-refractivity contribution >= 4 is 0 Å². The van der Waals surface area contributed by atoms with Gasteiger partial charge < -0.3 is 19.7 Å². The number of methoxy groups -OCH3 is 1. The molecule has 0 aliphatic heterocycles. The molecule has 0 saturated heterocycles. The molecule has 1 rings (SSSR count). The molecule has 6 nitrogen and oxygen atoms in total. The second-order valence-corrected chi connectivity index (χ2v) is 4.66. The summed E-state index contributed by atoms with van der Waals surface area (Å²) in [7, 11) is 1.59. The molecular formula is C11H21N3O3. The molecule has 0 aliphatic carbocycles. The highest BCUT2D eigenvalue weighted by Crippen LogP contribution is 2.22. The average molecular weight is 243 g/mol. The highest BCUT2D eigenvalue weighted by atomic mass is 16.5. The molecule has 0 amide bonds. The zero-order chi connectivity index (χ0) is 13.1. The smallest absolute Gasteiger partial charge is 0.258 e. The number of hydrogen-bond acceptors (Lipinski definition) is 6. The molecule has 1 unspecified atom stereocenters. The van der Waals surface area contributed by atoms with Crippen molar-refractivity contribution in [1.82, 2.24) is 10.1 Å². The van der Waals surface area contributed by atoms with E-state index in [9.17, 15) is 0 Å². The van der Waals surface area contributed by atoms with Crippen molar-refractivity contribution in [2.75, 3.05) is 13.7 Å². The van der Waals surface area contributed by atoms with Crippen LogP contribution < -0.4 is 5.73 Å². The lowest BCUT2D eigenvalue weighted by Gasteiger charge is -2.16. The topological polar surface area (TPSA) is 83.4 Å². The molecule has 0 fully saturated rings. The summed E-state index contributed by atoms with van der Waals surface area (Å²) >= 11 is 0. The van der Waals surface area contributed by atoms with Crippen LogP contribution in [0.25, 0.3) is 0 Å². The number of aromatic nitrogens is 2. The predicted octanol–water partition coefficient (Wildman–Crippen LogP) is 1.38. The van der Waals surface area contributed by atoms with Gasteiger partial charge in [-0.3, -0.25) is 0 Å². The second-order valence-electron chi connectivity index (χ2n) is 4.66. The van der Waals surface area contributed by atoms with Gasteiger partial charge >= 0.3 is 0 Å². The maximum Gasteiger partial charge on any atom is 0.258 e. The van der Waals surface area contributed by atoms with Crippen LogP contribution in [-0.2, 0) is 15.1 Å². The summed E-state index contributed by atoms with van der Waals surface area (Å²) in [6, 6.07) is -0.387. The third-order valence-corrected chi connectivity index (χ3v) is 2.41. The third-order valence-electron chi connectivity index (χ3n) is 2.41. The van der Waals surface area contributed by atoms with E-state index in [1.54, 1.807) is 7.11 Å². The van der Waals surface area contributed by atoms with Crippen molar-refractivity contribution in [1.29, 1.82) is 0 Å². The van der Waals surface area contributed by atoms with Gasteiger partial charge in [-0.1, -0.05) is 5.16 Å². The minimum Gasteiger partial charge on any atom is -0.377 e. The van der Waals surface area contributed by atoms with Crippen molar-refractivity contribution in [2.45, 2.75) is 45.4 Å². The summed E-state index contributed by atoms with van der Waals surface area (Å²) in [6.45, 7) is 7.95. The summed E-state index contributed by atoms with van der Waals surface area (Å²) in [4.78, 5) is 4.22. The van der Waals surface area contributed by atoms with Crippen LogP contribution in [0.4, 0.5) is 0 Å². The minimum atomic E-state index is -0.607. The van der Waals surface area contributed by atoms with E-state index in [0.29, 0.717) is 18.3 Å². The Kier molecular flexibility index (Phi) is 4.62. The lowest BCUT2D eigenvalue weighted by Crippen LogP contribution is -2.22. The van der Waals surface area contributed by atoms with E-state index in [2.05, 4.69) is 10.1 Å². The molecule has 0 aromatic carbocycles. The van der Waals surface area contributed by atoms with Crippen LogP contribution in [0.15, 0.2) is 4.52 Å². The summed E-state index contributed by atoms with van der Waals surface area (Å²) in [5, 5.41) is 3.84. The van der Waals surface area contributed by atoms with Crippen molar-refractivity contribution < 1.29 is 14.0 Å². The normalized spacial score (nSPS) is 14.3. The molecular weight excluding hydrogens is 222 g/mol. The van der Waals surface area contributed by atoms with E-state index >= 15 is 0 Å². The van der Waals surface area contributed by atoms with Gasteiger partial charge in [0.1, 0.15) is 5.60 Å². The first-order valence-corrected chi connectivity index (χ1v) is 5.63. The molecule has 98 valence electrons. The van der Waals surface area contributed by atoms with Crippen LogP contribution in [0.3, 0.4) is 0 Å². The quantitative estimate of drug-likeness (QED) is 0.812. The first kappa shape index (κ1) is 14.1. The van der Waals surface area contributed by atoms with Gasteiger partial charge in [0.05, 0.1) is 18.8 Å². The third kappa shape index (κ3) is 3.76. The Morgan fingerprint density at radius 2 is 2.06 bits per heavy atom. The average Bonchev–Trinajstić information content (AvgIpc) is 2.75. The molecule has 1 atom stereocenters. The van der Waals surface area contributed by atoms with E-state index in [4.69, 9.17) is 19.7 Å². The van der Waals surface area contributed by atoms with E-state index < -0.39 is 5.60 Å². The van der Waals surface area contributed by atoms with Crippen LogP contribution in [0.5, 0.6) is 0 Å². The second kappa shape index (κ2) is 5.57. The fourth-order valence-electron chi connectivity index (χ4n) is 1.09. The first-order valence-electron chi connectivity index (χ1n) is 5.63. The van der Waals surface area contributed by atoms with Crippen LogP contribution in [-0.4, -0.2) is 30.0 Å². The summed E-state index contributed by atoms with van der Waals surface area (Å²) < 4.78 is 15.8. The lowest BCUT2D eigenvalue weighted by molar-refractivity contribution is -0.00786. The maximum absolute atomic E-state index is 5.89. The largest absolute Gasteiger partial charge is 0.377 e. The molecule has 0 radical (unpaired) electrons. The molecule has 0 bridgehead atoms. The van der Waals surface area contributed by atoms with Crippen molar-refractivity contribution in [3.63, 3.8) is 0 Å². The maximum atomic E-state index is 5.89. The SMILES string of the molecule is COC(C)(C)c1nc(C(N)COC(C)C)no1. The fraction of sp³-hybridized carbons (Fsp3) is 0.818. The summed E-state index contributed by atoms with van der Waals surface area (Å²) in [6.07, 6.45) is 0.128. The number of rotatable bonds is 6. The van der Waals surface area contributed by atoms with Gasteiger partial charge in [-0.05, 0) is 27.7 Å². The van der Waals surface area contributed by atoms with Crippen molar-refractivity contribution in [3.05, 3.63) is 11.7 Å². The van der Waals surface area contributed by atoms with Gasteiger partial charge in [0.2, 0.25) is 0 Å². The number of nitrogens with zero attached hydrogens (tertiary/aromatic N) is 2. The van der Waals surface area contributed by atoms with Gasteiger partial charge in [-0.2, -0.15) is 4.98 Å². The van der Waals surface area contributed by atoms with Gasteiger partial charge in [0.15, 0.2) is 5.82 Å². The Bertz CT molecular complexity index is 349. The molecule has 0 saturated carbocycles. The highest BCUT2D eigenvalue weighted by molar-refractivity contribution is 4.99. The Labute approximate surface area is 101 Å². The van der Waals surface area contributed by atoms with Gasteiger partial charge in [-0.15, -0.1) is 0 Å². The molecule has 0 spiro atoms. The Balaban J connectivity index is 2.67. The van der Waals surface area contributed by atoms with Gasteiger partial charge in [0, 0.05) is 7.11 Å². The van der Waals surface area contributed by atoms with E-state index in [-0.39, 0.29) is 12.1 Å². The van der Waals surface area contributed by atoms with Crippen molar-refractivity contribution in [2.24, 2.45) is 5.73 Å². The lowest BCUT2D eigenvalue weighted by atomic mass is 10.1. The fourth-order valence-corrected chi connectivity index (χ4v) is 1.09. The Morgan fingerprint density at radius 1 is 1.41 bits per heavy atom. The van der Waals surface area contributed by atoms with E-state index in [1.807, 2.05) is 27.7 Å². The zero-order valence-corrected chi connectivity index (χ0v) is 11.1. The number of ether oxygens (including phenoxy) is 2. The molecule has 1 aromatic heterocycles. The molecule has 6 heteroatoms. The van der Waals surface area contributed by atoms with Crippen molar-refractivity contribution in [3.8, 4) is 0 Å². The van der Waals surface area contributed by atoms with Gasteiger partial charge in [0.25, 0.3) is 5.89 Å². The zero-order valence-electron chi connectivity index (χ0n) is 11.1. The Morgan fingerprint density at radius 3 is 2.59 bits per heavy atom. The standard InChI is InChI=1S/C11H21N3O3/c1-7(2)16-6-8(12)9-13-10(17-14-9)11(3,4)15-5/h7-8H,6,12H2,1-5H3. The molecule has 1 aromatic rings. The van der Waals surface area contributed by atoms with Crippen LogP contribution in [0.2, 0.25) is 0 Å². The van der Waals surface area contributed by atoms with Crippen LogP contribution in [0.1, 0.15) is 45.5 Å². The molecule has 1 heterocycles. The van der Waals surface area contributed by atoms with Crippen LogP contribution >= 0.6 is 0 Å². The number of nitrogens with two attached hydrogens (primary N) is 1. The summed E-state index contributed by atoms with van der Waals surface area (Å²) in [5.41, 5.74) is 5.28. The number of hydrogen-bond donors (Lipinski definition) is 1.